The van der Waals surface area contributed by atoms with Crippen LogP contribution < -0.4 is 0 Å². The van der Waals surface area contributed by atoms with E-state index in [2.05, 4.69) is 10.2 Å². The third-order valence-corrected chi connectivity index (χ3v) is 5.82. The third kappa shape index (κ3) is 3.88. The number of nitrogens with zero attached hydrogens (tertiary/aromatic N) is 2. The zero-order valence-electron chi connectivity index (χ0n) is 13.4. The average molecular weight is 457 g/mol. The van der Waals surface area contributed by atoms with Crippen molar-refractivity contribution in [3.8, 4) is 0 Å². The van der Waals surface area contributed by atoms with Crippen molar-refractivity contribution in [3.05, 3.63) is 69.7 Å². The molecule has 0 aromatic heterocycles. The van der Waals surface area contributed by atoms with Crippen molar-refractivity contribution < 1.29 is 26.3 Å². The van der Waals surface area contributed by atoms with Crippen molar-refractivity contribution in [2.45, 2.75) is 17.1 Å². The molecule has 0 amide bonds. The van der Waals surface area contributed by atoms with Gasteiger partial charge < -0.3 is 0 Å². The van der Waals surface area contributed by atoms with Gasteiger partial charge in [-0.3, -0.25) is 0 Å². The van der Waals surface area contributed by atoms with Crippen molar-refractivity contribution in [1.29, 1.82) is 0 Å². The molecule has 3 rings (SSSR count). The third-order valence-electron chi connectivity index (χ3n) is 3.84. The Morgan fingerprint density at radius 3 is 1.46 bits per heavy atom. The summed E-state index contributed by atoms with van der Waals surface area (Å²) in [4.78, 5) is 0. The molecule has 1 aliphatic heterocycles. The summed E-state index contributed by atoms with van der Waals surface area (Å²) in [6.45, 7) is 0. The van der Waals surface area contributed by atoms with Crippen LogP contribution in [0.1, 0.15) is 11.1 Å². The summed E-state index contributed by atoms with van der Waals surface area (Å²) in [7, 11) is 0. The Balaban J connectivity index is 2.35. The molecule has 0 bridgehead atoms. The Kier molecular flexibility index (Phi) is 5.46. The van der Waals surface area contributed by atoms with E-state index < -0.39 is 27.9 Å². The van der Waals surface area contributed by atoms with Crippen LogP contribution in [-0.2, 0) is 4.75 Å². The van der Waals surface area contributed by atoms with Crippen molar-refractivity contribution in [1.82, 2.24) is 0 Å². The molecule has 0 atom stereocenters. The van der Waals surface area contributed by atoms with Crippen LogP contribution in [0, 0.1) is 0 Å². The molecule has 28 heavy (non-hydrogen) atoms. The van der Waals surface area contributed by atoms with E-state index in [0.29, 0.717) is 0 Å². The molecule has 2 aromatic carbocycles. The smallest absolute Gasteiger partial charge is 0.165 e. The predicted molar refractivity (Wildman–Crippen MR) is 98.3 cm³/mol. The number of rotatable bonds is 2. The Hall–Kier alpha value is -1.71. The van der Waals surface area contributed by atoms with E-state index in [1.807, 2.05) is 0 Å². The number of alkyl halides is 6. The second kappa shape index (κ2) is 7.27. The van der Waals surface area contributed by atoms with Gasteiger partial charge >= 0.3 is 12.4 Å². The molecule has 0 saturated carbocycles. The van der Waals surface area contributed by atoms with E-state index in [-0.39, 0.29) is 32.9 Å². The largest absolute Gasteiger partial charge is 0.441 e. The molecule has 1 aliphatic rings. The minimum Gasteiger partial charge on any atom is -0.165 e. The second-order valence-corrected chi connectivity index (χ2v) is 7.72. The van der Waals surface area contributed by atoms with Crippen LogP contribution in [0.4, 0.5) is 26.3 Å². The van der Waals surface area contributed by atoms with E-state index >= 15 is 0 Å². The Bertz CT molecular complexity index is 889. The monoisotopic (exact) mass is 456 g/mol. The molecule has 1 heterocycles. The minimum absolute atomic E-state index is 0.0732. The Morgan fingerprint density at radius 1 is 0.679 bits per heavy atom. The first kappa shape index (κ1) is 21.0. The molecule has 2 aromatic rings. The first-order valence-corrected chi connectivity index (χ1v) is 9.03. The maximum absolute atomic E-state index is 13.8. The van der Waals surface area contributed by atoms with Crippen molar-refractivity contribution in [3.63, 3.8) is 0 Å². The Morgan fingerprint density at radius 2 is 1.11 bits per heavy atom. The molecule has 0 radical (unpaired) electrons. The number of hydrogen-bond acceptors (Lipinski definition) is 3. The van der Waals surface area contributed by atoms with E-state index in [0.717, 1.165) is 0 Å². The van der Waals surface area contributed by atoms with Crippen LogP contribution in [-0.4, -0.2) is 23.1 Å². The summed E-state index contributed by atoms with van der Waals surface area (Å²) >= 11 is 11.5. The summed E-state index contributed by atoms with van der Waals surface area (Å²) in [5.41, 5.74) is -1.66. The van der Waals surface area contributed by atoms with Gasteiger partial charge in [0.05, 0.1) is 0 Å². The standard InChI is InChI=1S/C17H8Cl2F6N2S/c18-11-5-1-9(2-6-11)15(10-3-7-12(19)8-4-10)13(16(20,21)22)26-27-14(28-15)17(23,24)25/h1-8H. The maximum atomic E-state index is 13.8. The normalized spacial score (nSPS) is 17.1. The van der Waals surface area contributed by atoms with E-state index in [1.54, 1.807) is 0 Å². The Labute approximate surface area is 169 Å². The molecule has 148 valence electrons. The molecular formula is C17H8Cl2F6N2S. The van der Waals surface area contributed by atoms with Gasteiger partial charge in [-0.05, 0) is 35.4 Å². The average Bonchev–Trinajstić information content (AvgIpc) is 2.60. The first-order chi connectivity index (χ1) is 12.9. The van der Waals surface area contributed by atoms with Crippen LogP contribution in [0.25, 0.3) is 0 Å². The van der Waals surface area contributed by atoms with Crippen LogP contribution in [0.2, 0.25) is 10.0 Å². The summed E-state index contributed by atoms with van der Waals surface area (Å²) in [5, 5.41) is 4.71. The summed E-state index contributed by atoms with van der Waals surface area (Å²) < 4.78 is 79.2. The van der Waals surface area contributed by atoms with Crippen LogP contribution >= 0.6 is 35.0 Å². The fourth-order valence-corrected chi connectivity index (χ4v) is 4.18. The van der Waals surface area contributed by atoms with Gasteiger partial charge in [0.15, 0.2) is 5.71 Å². The SMILES string of the molecule is FC(F)(F)C1=NN=C(C(F)(F)F)C(c2ccc(Cl)cc2)(c2ccc(Cl)cc2)S1. The number of benzene rings is 2. The molecular weight excluding hydrogens is 449 g/mol. The highest BCUT2D eigenvalue weighted by Gasteiger charge is 2.58. The lowest BCUT2D eigenvalue weighted by Gasteiger charge is -2.38. The lowest BCUT2D eigenvalue weighted by atomic mass is 9.85. The highest BCUT2D eigenvalue weighted by atomic mass is 35.5. The predicted octanol–water partition coefficient (Wildman–Crippen LogP) is 6.86. The minimum atomic E-state index is -5.05. The lowest BCUT2D eigenvalue weighted by Crippen LogP contribution is -2.46. The van der Waals surface area contributed by atoms with Crippen LogP contribution in [0.3, 0.4) is 0 Å². The van der Waals surface area contributed by atoms with Crippen molar-refractivity contribution in [2.24, 2.45) is 10.2 Å². The lowest BCUT2D eigenvalue weighted by molar-refractivity contribution is -0.0632. The zero-order valence-corrected chi connectivity index (χ0v) is 15.8. The van der Waals surface area contributed by atoms with Gasteiger partial charge in [-0.15, -0.1) is 10.2 Å². The van der Waals surface area contributed by atoms with E-state index in [9.17, 15) is 26.3 Å². The molecule has 0 aliphatic carbocycles. The fraction of sp³-hybridized carbons (Fsp3) is 0.176. The fourth-order valence-electron chi connectivity index (χ4n) is 2.68. The van der Waals surface area contributed by atoms with Gasteiger partial charge in [0.2, 0.25) is 5.04 Å². The van der Waals surface area contributed by atoms with Gasteiger partial charge in [-0.25, -0.2) is 0 Å². The van der Waals surface area contributed by atoms with Crippen molar-refractivity contribution >= 4 is 45.7 Å². The zero-order chi connectivity index (χ0) is 20.7. The van der Waals surface area contributed by atoms with Gasteiger partial charge in [-0.2, -0.15) is 26.3 Å². The molecule has 0 spiro atoms. The number of halogens is 8. The van der Waals surface area contributed by atoms with Gasteiger partial charge in [0.1, 0.15) is 4.75 Å². The molecule has 0 fully saturated rings. The highest BCUT2D eigenvalue weighted by molar-refractivity contribution is 8.15. The highest BCUT2D eigenvalue weighted by Crippen LogP contribution is 2.52. The molecule has 11 heteroatoms. The van der Waals surface area contributed by atoms with Crippen LogP contribution in [0.15, 0.2) is 58.7 Å². The first-order valence-electron chi connectivity index (χ1n) is 7.46. The quantitative estimate of drug-likeness (QED) is 0.452. The van der Waals surface area contributed by atoms with Crippen molar-refractivity contribution in [2.75, 3.05) is 0 Å². The maximum Gasteiger partial charge on any atom is 0.441 e. The van der Waals surface area contributed by atoms with Gasteiger partial charge in [0.25, 0.3) is 0 Å². The van der Waals surface area contributed by atoms with E-state index in [1.165, 1.54) is 48.5 Å². The topological polar surface area (TPSA) is 24.7 Å². The van der Waals surface area contributed by atoms with Crippen LogP contribution in [0.5, 0.6) is 0 Å². The summed E-state index contributed by atoms with van der Waals surface area (Å²) in [6, 6.07) is 10.1. The second-order valence-electron chi connectivity index (χ2n) is 5.65. The number of thioether (sulfide) groups is 1. The molecule has 0 saturated heterocycles. The van der Waals surface area contributed by atoms with E-state index in [4.69, 9.17) is 23.2 Å². The molecule has 2 nitrogen and oxygen atoms in total. The summed E-state index contributed by atoms with van der Waals surface area (Å²) in [6.07, 6.45) is -10.0. The number of hydrogen-bond donors (Lipinski definition) is 0. The molecule has 0 unspecified atom stereocenters. The van der Waals surface area contributed by atoms with Gasteiger partial charge in [0, 0.05) is 10.0 Å². The molecule has 0 N–H and O–H groups in total. The van der Waals surface area contributed by atoms with Gasteiger partial charge in [-0.1, -0.05) is 59.2 Å². The summed E-state index contributed by atoms with van der Waals surface area (Å²) in [5.74, 6) is 0.